The van der Waals surface area contributed by atoms with Crippen LogP contribution in [0.5, 0.6) is 0 Å². The van der Waals surface area contributed by atoms with Gasteiger partial charge in [-0.25, -0.2) is 9.78 Å². The van der Waals surface area contributed by atoms with Gasteiger partial charge < -0.3 is 0 Å². The van der Waals surface area contributed by atoms with Gasteiger partial charge in [-0.15, -0.1) is 0 Å². The van der Waals surface area contributed by atoms with Crippen molar-refractivity contribution in [3.05, 3.63) is 52.8 Å². The molecule has 2 heterocycles. The fourth-order valence-electron chi connectivity index (χ4n) is 1.93. The highest BCUT2D eigenvalue weighted by Gasteiger charge is 2.13. The lowest BCUT2D eigenvalue weighted by atomic mass is 10.1. The molecule has 17 heavy (non-hydrogen) atoms. The first-order chi connectivity index (χ1) is 8.27. The lowest BCUT2D eigenvalue weighted by molar-refractivity contribution is 0.828. The van der Waals surface area contributed by atoms with Gasteiger partial charge in [0.15, 0.2) is 5.65 Å². The van der Waals surface area contributed by atoms with Gasteiger partial charge in [-0.2, -0.15) is 9.61 Å². The highest BCUT2D eigenvalue weighted by molar-refractivity contribution is 5.79. The van der Waals surface area contributed by atoms with E-state index < -0.39 is 0 Å². The molecule has 0 saturated carbocycles. The summed E-state index contributed by atoms with van der Waals surface area (Å²) in [5.41, 5.74) is 3.01. The Morgan fingerprint density at radius 1 is 1.24 bits per heavy atom. The minimum absolute atomic E-state index is 0.278. The number of aryl methyl sites for hydroxylation is 1. The number of H-pyrrole nitrogens is 1. The quantitative estimate of drug-likeness (QED) is 0.682. The standard InChI is InChI=1S/C12H10N4O/c1-8-10(9-5-3-2-4-6-9)11-13-7-14-12(17)16(11)15-8/h2-7H,1H3,(H,13,14,17). The molecule has 0 fully saturated rings. The van der Waals surface area contributed by atoms with Crippen LogP contribution in [-0.4, -0.2) is 19.6 Å². The number of aromatic amines is 1. The smallest absolute Gasteiger partial charge is 0.296 e. The van der Waals surface area contributed by atoms with Crippen LogP contribution in [0.1, 0.15) is 5.69 Å². The van der Waals surface area contributed by atoms with Gasteiger partial charge in [0.1, 0.15) is 0 Å². The molecular weight excluding hydrogens is 216 g/mol. The van der Waals surface area contributed by atoms with Gasteiger partial charge in [-0.1, -0.05) is 30.3 Å². The van der Waals surface area contributed by atoms with Crippen LogP contribution < -0.4 is 5.69 Å². The van der Waals surface area contributed by atoms with Gasteiger partial charge >= 0.3 is 5.69 Å². The first kappa shape index (κ1) is 9.77. The molecule has 5 heteroatoms. The second-order valence-corrected chi connectivity index (χ2v) is 3.77. The summed E-state index contributed by atoms with van der Waals surface area (Å²) in [6, 6.07) is 9.81. The maximum absolute atomic E-state index is 11.6. The Morgan fingerprint density at radius 2 is 2.00 bits per heavy atom. The van der Waals surface area contributed by atoms with Crippen LogP contribution in [0.2, 0.25) is 0 Å². The van der Waals surface area contributed by atoms with Crippen LogP contribution >= 0.6 is 0 Å². The van der Waals surface area contributed by atoms with E-state index >= 15 is 0 Å². The second-order valence-electron chi connectivity index (χ2n) is 3.77. The molecule has 84 valence electrons. The van der Waals surface area contributed by atoms with Gasteiger partial charge in [0, 0.05) is 5.56 Å². The zero-order chi connectivity index (χ0) is 11.8. The zero-order valence-electron chi connectivity index (χ0n) is 9.21. The molecule has 0 unspecified atom stereocenters. The predicted octanol–water partition coefficient (Wildman–Crippen LogP) is 1.39. The first-order valence-corrected chi connectivity index (χ1v) is 5.26. The van der Waals surface area contributed by atoms with Gasteiger partial charge in [0.2, 0.25) is 0 Å². The summed E-state index contributed by atoms with van der Waals surface area (Å²) in [6.07, 6.45) is 1.39. The minimum atomic E-state index is -0.278. The van der Waals surface area contributed by atoms with Crippen LogP contribution in [0.3, 0.4) is 0 Å². The first-order valence-electron chi connectivity index (χ1n) is 5.26. The normalized spacial score (nSPS) is 10.9. The predicted molar refractivity (Wildman–Crippen MR) is 63.8 cm³/mol. The molecule has 1 N–H and O–H groups in total. The molecular formula is C12H10N4O. The van der Waals surface area contributed by atoms with Crippen LogP contribution in [0.25, 0.3) is 16.8 Å². The van der Waals surface area contributed by atoms with Crippen molar-refractivity contribution >= 4 is 5.65 Å². The monoisotopic (exact) mass is 226 g/mol. The maximum atomic E-state index is 11.6. The fourth-order valence-corrected chi connectivity index (χ4v) is 1.93. The van der Waals surface area contributed by atoms with Gasteiger partial charge in [-0.3, -0.25) is 4.98 Å². The third-order valence-electron chi connectivity index (χ3n) is 2.67. The maximum Gasteiger partial charge on any atom is 0.349 e. The highest BCUT2D eigenvalue weighted by atomic mass is 16.1. The Hall–Kier alpha value is -2.43. The van der Waals surface area contributed by atoms with Crippen molar-refractivity contribution in [1.29, 1.82) is 0 Å². The fraction of sp³-hybridized carbons (Fsp3) is 0.0833. The molecule has 3 aromatic rings. The van der Waals surface area contributed by atoms with Crippen LogP contribution in [0, 0.1) is 6.92 Å². The summed E-state index contributed by atoms with van der Waals surface area (Å²) in [4.78, 5) is 18.3. The molecule has 1 aromatic carbocycles. The van der Waals surface area contributed by atoms with E-state index in [0.29, 0.717) is 5.65 Å². The summed E-state index contributed by atoms with van der Waals surface area (Å²) in [6.45, 7) is 1.87. The summed E-state index contributed by atoms with van der Waals surface area (Å²) >= 11 is 0. The Labute approximate surface area is 96.8 Å². The van der Waals surface area contributed by atoms with E-state index in [4.69, 9.17) is 0 Å². The molecule has 0 amide bonds. The SMILES string of the molecule is Cc1nn2c(=O)[nH]cnc2c1-c1ccccc1. The van der Waals surface area contributed by atoms with E-state index in [0.717, 1.165) is 16.8 Å². The van der Waals surface area contributed by atoms with E-state index in [1.807, 2.05) is 37.3 Å². The number of hydrogen-bond donors (Lipinski definition) is 1. The van der Waals surface area contributed by atoms with Gasteiger partial charge in [-0.05, 0) is 12.5 Å². The van der Waals surface area contributed by atoms with Crippen molar-refractivity contribution in [2.45, 2.75) is 6.92 Å². The molecule has 0 spiro atoms. The lowest BCUT2D eigenvalue weighted by Crippen LogP contribution is -2.17. The van der Waals surface area contributed by atoms with Crippen LogP contribution in [0.4, 0.5) is 0 Å². The number of fused-ring (bicyclic) bond motifs is 1. The Kier molecular flexibility index (Phi) is 2.04. The number of nitrogens with one attached hydrogen (secondary N) is 1. The Morgan fingerprint density at radius 3 is 2.76 bits per heavy atom. The van der Waals surface area contributed by atoms with Crippen molar-refractivity contribution in [2.75, 3.05) is 0 Å². The molecule has 0 bridgehead atoms. The average molecular weight is 226 g/mol. The third-order valence-corrected chi connectivity index (χ3v) is 2.67. The number of hydrogen-bond acceptors (Lipinski definition) is 3. The number of benzene rings is 1. The molecule has 0 radical (unpaired) electrons. The molecule has 2 aromatic heterocycles. The van der Waals surface area contributed by atoms with E-state index in [1.165, 1.54) is 10.8 Å². The summed E-state index contributed by atoms with van der Waals surface area (Å²) in [5, 5.41) is 4.20. The van der Waals surface area contributed by atoms with Crippen molar-refractivity contribution in [3.8, 4) is 11.1 Å². The third kappa shape index (κ3) is 1.44. The number of nitrogens with zero attached hydrogens (tertiary/aromatic N) is 3. The van der Waals surface area contributed by atoms with Crippen molar-refractivity contribution in [2.24, 2.45) is 0 Å². The van der Waals surface area contributed by atoms with Crippen LogP contribution in [-0.2, 0) is 0 Å². The molecule has 0 atom stereocenters. The highest BCUT2D eigenvalue weighted by Crippen LogP contribution is 2.25. The van der Waals surface area contributed by atoms with Gasteiger partial charge in [0.05, 0.1) is 12.0 Å². The van der Waals surface area contributed by atoms with E-state index in [1.54, 1.807) is 0 Å². The topological polar surface area (TPSA) is 63.1 Å². The average Bonchev–Trinajstić information content (AvgIpc) is 2.68. The molecule has 3 rings (SSSR count). The van der Waals surface area contributed by atoms with Crippen LogP contribution in [0.15, 0.2) is 41.5 Å². The molecule has 0 saturated heterocycles. The molecule has 0 aliphatic carbocycles. The van der Waals surface area contributed by atoms with Crippen molar-refractivity contribution < 1.29 is 0 Å². The zero-order valence-corrected chi connectivity index (χ0v) is 9.21. The summed E-state index contributed by atoms with van der Waals surface area (Å²) in [7, 11) is 0. The Balaban J connectivity index is 2.41. The number of aromatic nitrogens is 4. The van der Waals surface area contributed by atoms with E-state index in [-0.39, 0.29) is 5.69 Å². The van der Waals surface area contributed by atoms with E-state index in [9.17, 15) is 4.79 Å². The van der Waals surface area contributed by atoms with Crippen molar-refractivity contribution in [3.63, 3.8) is 0 Å². The molecule has 5 nitrogen and oxygen atoms in total. The largest absolute Gasteiger partial charge is 0.349 e. The Bertz CT molecular complexity index is 727. The van der Waals surface area contributed by atoms with E-state index in [2.05, 4.69) is 15.1 Å². The summed E-state index contributed by atoms with van der Waals surface area (Å²) in [5.74, 6) is 0. The molecule has 0 aliphatic rings. The summed E-state index contributed by atoms with van der Waals surface area (Å²) < 4.78 is 1.29. The lowest BCUT2D eigenvalue weighted by Gasteiger charge is -1.98. The van der Waals surface area contributed by atoms with Crippen molar-refractivity contribution in [1.82, 2.24) is 19.6 Å². The molecule has 0 aliphatic heterocycles. The second kappa shape index (κ2) is 3.55. The number of rotatable bonds is 1. The minimum Gasteiger partial charge on any atom is -0.296 e. The van der Waals surface area contributed by atoms with Gasteiger partial charge in [0.25, 0.3) is 0 Å².